The van der Waals surface area contributed by atoms with Gasteiger partial charge in [-0.15, -0.1) is 0 Å². The van der Waals surface area contributed by atoms with E-state index in [1.165, 1.54) is 24.2 Å². The number of rotatable bonds is 6. The van der Waals surface area contributed by atoms with Gasteiger partial charge in [0, 0.05) is 18.8 Å². The van der Waals surface area contributed by atoms with E-state index in [-0.39, 0.29) is 12.5 Å². The quantitative estimate of drug-likeness (QED) is 0.590. The summed E-state index contributed by atoms with van der Waals surface area (Å²) in [5.41, 5.74) is 1.85. The third kappa shape index (κ3) is 5.31. The van der Waals surface area contributed by atoms with Gasteiger partial charge in [-0.1, -0.05) is 30.3 Å². The Morgan fingerprint density at radius 2 is 1.65 bits per heavy atom. The molecule has 0 atom stereocenters. The first-order valence-electron chi connectivity index (χ1n) is 7.86. The average molecular weight is 353 g/mol. The largest absolute Gasteiger partial charge is 0.465 e. The number of hydrogen-bond acceptors (Lipinski definition) is 5. The number of carbonyl (C=O) groups is 3. The van der Waals surface area contributed by atoms with E-state index in [0.29, 0.717) is 11.1 Å². The van der Waals surface area contributed by atoms with Gasteiger partial charge >= 0.3 is 11.9 Å². The van der Waals surface area contributed by atoms with Gasteiger partial charge in [-0.25, -0.2) is 9.59 Å². The van der Waals surface area contributed by atoms with Crippen molar-refractivity contribution >= 4 is 29.6 Å². The van der Waals surface area contributed by atoms with Crippen LogP contribution in [0.1, 0.15) is 15.9 Å². The van der Waals surface area contributed by atoms with Crippen LogP contribution in [0.4, 0.5) is 5.69 Å². The van der Waals surface area contributed by atoms with E-state index in [1.807, 2.05) is 18.2 Å². The van der Waals surface area contributed by atoms with Crippen LogP contribution in [-0.2, 0) is 19.1 Å². The van der Waals surface area contributed by atoms with E-state index in [9.17, 15) is 14.4 Å². The van der Waals surface area contributed by atoms with Crippen LogP contribution in [0.5, 0.6) is 0 Å². The lowest BCUT2D eigenvalue weighted by Gasteiger charge is -2.16. The van der Waals surface area contributed by atoms with Gasteiger partial charge in [0.2, 0.25) is 0 Å². The van der Waals surface area contributed by atoms with Crippen LogP contribution in [0.3, 0.4) is 0 Å². The van der Waals surface area contributed by atoms with Crippen molar-refractivity contribution in [3.63, 3.8) is 0 Å². The summed E-state index contributed by atoms with van der Waals surface area (Å²) in [6.45, 7) is -0.351. The lowest BCUT2D eigenvalue weighted by Crippen LogP contribution is -2.30. The number of nitrogens with zero attached hydrogens (tertiary/aromatic N) is 1. The second kappa shape index (κ2) is 9.17. The summed E-state index contributed by atoms with van der Waals surface area (Å²) in [4.78, 5) is 36.5. The van der Waals surface area contributed by atoms with Crippen molar-refractivity contribution in [1.82, 2.24) is 0 Å². The Bertz CT molecular complexity index is 797. The smallest absolute Gasteiger partial charge is 0.337 e. The van der Waals surface area contributed by atoms with Gasteiger partial charge in [-0.05, 0) is 35.9 Å². The molecule has 0 unspecified atom stereocenters. The van der Waals surface area contributed by atoms with Gasteiger partial charge < -0.3 is 14.4 Å². The Balaban J connectivity index is 1.85. The topological polar surface area (TPSA) is 72.9 Å². The molecular formula is C20H19NO5. The van der Waals surface area contributed by atoms with Crippen molar-refractivity contribution in [3.8, 4) is 0 Å². The fourth-order valence-electron chi connectivity index (χ4n) is 2.09. The lowest BCUT2D eigenvalue weighted by molar-refractivity contribution is -0.142. The molecule has 0 radical (unpaired) electrons. The molecule has 0 N–H and O–H groups in total. The molecule has 0 bridgehead atoms. The molecule has 6 nitrogen and oxygen atoms in total. The van der Waals surface area contributed by atoms with Crippen molar-refractivity contribution in [2.45, 2.75) is 0 Å². The summed E-state index contributed by atoms with van der Waals surface area (Å²) >= 11 is 0. The van der Waals surface area contributed by atoms with Gasteiger partial charge in [-0.2, -0.15) is 0 Å². The second-order valence-electron chi connectivity index (χ2n) is 5.34. The molecule has 0 aliphatic rings. The number of amides is 1. The lowest BCUT2D eigenvalue weighted by atomic mass is 10.1. The number of likely N-dealkylation sites (N-methyl/N-ethyl adjacent to an activating group) is 1. The van der Waals surface area contributed by atoms with Crippen molar-refractivity contribution in [1.29, 1.82) is 0 Å². The number of benzene rings is 2. The minimum Gasteiger partial charge on any atom is -0.465 e. The SMILES string of the molecule is COC(=O)c1ccc(/C=C/C(=O)OCC(=O)N(C)c2ccccc2)cc1. The zero-order valence-electron chi connectivity index (χ0n) is 14.5. The molecule has 134 valence electrons. The molecule has 2 aromatic carbocycles. The molecule has 26 heavy (non-hydrogen) atoms. The molecule has 0 fully saturated rings. The van der Waals surface area contributed by atoms with E-state index in [4.69, 9.17) is 4.74 Å². The first kappa shape index (κ1) is 18.9. The minimum absolute atomic E-state index is 0.333. The van der Waals surface area contributed by atoms with E-state index < -0.39 is 11.9 Å². The van der Waals surface area contributed by atoms with Crippen LogP contribution in [0.25, 0.3) is 6.08 Å². The highest BCUT2D eigenvalue weighted by molar-refractivity contribution is 5.96. The minimum atomic E-state index is -0.628. The number of anilines is 1. The van der Waals surface area contributed by atoms with Crippen LogP contribution in [0.2, 0.25) is 0 Å². The first-order chi connectivity index (χ1) is 12.5. The van der Waals surface area contributed by atoms with Crippen LogP contribution in [0, 0.1) is 0 Å². The molecule has 2 rings (SSSR count). The highest BCUT2D eigenvalue weighted by Gasteiger charge is 2.12. The van der Waals surface area contributed by atoms with Gasteiger partial charge in [0.1, 0.15) is 0 Å². The highest BCUT2D eigenvalue weighted by Crippen LogP contribution is 2.11. The number of para-hydroxylation sites is 1. The van der Waals surface area contributed by atoms with E-state index in [0.717, 1.165) is 5.69 Å². The van der Waals surface area contributed by atoms with Gasteiger partial charge in [0.15, 0.2) is 6.61 Å². The van der Waals surface area contributed by atoms with Crippen LogP contribution < -0.4 is 4.90 Å². The average Bonchev–Trinajstić information content (AvgIpc) is 2.70. The van der Waals surface area contributed by atoms with E-state index in [1.54, 1.807) is 43.4 Å². The summed E-state index contributed by atoms with van der Waals surface area (Å²) in [7, 11) is 2.92. The summed E-state index contributed by atoms with van der Waals surface area (Å²) in [5.74, 6) is -1.39. The number of esters is 2. The number of hydrogen-bond donors (Lipinski definition) is 0. The summed E-state index contributed by atoms with van der Waals surface area (Å²) < 4.78 is 9.57. The predicted molar refractivity (Wildman–Crippen MR) is 97.6 cm³/mol. The van der Waals surface area contributed by atoms with Gasteiger partial charge in [-0.3, -0.25) is 4.79 Å². The standard InChI is InChI=1S/C20H19NO5/c1-21(17-6-4-3-5-7-17)18(22)14-26-19(23)13-10-15-8-11-16(12-9-15)20(24)25-2/h3-13H,14H2,1-2H3/b13-10+. The third-order valence-electron chi connectivity index (χ3n) is 3.60. The molecular weight excluding hydrogens is 334 g/mol. The second-order valence-corrected chi connectivity index (χ2v) is 5.34. The number of methoxy groups -OCH3 is 1. The van der Waals surface area contributed by atoms with Crippen LogP contribution >= 0.6 is 0 Å². The van der Waals surface area contributed by atoms with Gasteiger partial charge in [0.25, 0.3) is 5.91 Å². The Morgan fingerprint density at radius 1 is 1.00 bits per heavy atom. The first-order valence-corrected chi connectivity index (χ1v) is 7.86. The molecule has 0 spiro atoms. The molecule has 6 heteroatoms. The van der Waals surface area contributed by atoms with Crippen molar-refractivity contribution in [2.24, 2.45) is 0 Å². The molecule has 1 amide bonds. The Labute approximate surface area is 151 Å². The maximum Gasteiger partial charge on any atom is 0.337 e. The maximum absolute atomic E-state index is 12.0. The summed E-state index contributed by atoms with van der Waals surface area (Å²) in [6, 6.07) is 15.6. The van der Waals surface area contributed by atoms with Crippen molar-refractivity contribution in [3.05, 3.63) is 71.8 Å². The zero-order chi connectivity index (χ0) is 18.9. The monoisotopic (exact) mass is 353 g/mol. The molecule has 2 aromatic rings. The molecule has 0 saturated heterocycles. The van der Waals surface area contributed by atoms with Crippen LogP contribution in [0.15, 0.2) is 60.7 Å². The number of ether oxygens (including phenoxy) is 2. The molecule has 0 aromatic heterocycles. The van der Waals surface area contributed by atoms with E-state index >= 15 is 0 Å². The Hall–Kier alpha value is -3.41. The third-order valence-corrected chi connectivity index (χ3v) is 3.60. The summed E-state index contributed by atoms with van der Waals surface area (Å²) in [6.07, 6.45) is 2.76. The fourth-order valence-corrected chi connectivity index (χ4v) is 2.09. The maximum atomic E-state index is 12.0. The van der Waals surface area contributed by atoms with Gasteiger partial charge in [0.05, 0.1) is 12.7 Å². The zero-order valence-corrected chi connectivity index (χ0v) is 14.5. The highest BCUT2D eigenvalue weighted by atomic mass is 16.5. The molecule has 0 aliphatic carbocycles. The summed E-state index contributed by atoms with van der Waals surface area (Å²) in [5, 5.41) is 0. The molecule has 0 saturated carbocycles. The predicted octanol–water partition coefficient (Wildman–Crippen LogP) is 2.69. The van der Waals surface area contributed by atoms with Crippen molar-refractivity contribution in [2.75, 3.05) is 25.7 Å². The fraction of sp³-hybridized carbons (Fsp3) is 0.150. The number of carbonyl (C=O) groups excluding carboxylic acids is 3. The normalized spacial score (nSPS) is 10.4. The molecule has 0 aliphatic heterocycles. The Morgan fingerprint density at radius 3 is 2.27 bits per heavy atom. The van der Waals surface area contributed by atoms with Crippen molar-refractivity contribution < 1.29 is 23.9 Å². The van der Waals surface area contributed by atoms with Crippen LogP contribution in [-0.4, -0.2) is 38.6 Å². The molecule has 0 heterocycles. The van der Waals surface area contributed by atoms with E-state index in [2.05, 4.69) is 4.74 Å². The Kier molecular flexibility index (Phi) is 6.68.